The van der Waals surface area contributed by atoms with Gasteiger partial charge < -0.3 is 20.4 Å². The van der Waals surface area contributed by atoms with Crippen molar-refractivity contribution in [3.05, 3.63) is 28.8 Å². The molecule has 0 spiro atoms. The van der Waals surface area contributed by atoms with Crippen LogP contribution in [0, 0.1) is 0 Å². The van der Waals surface area contributed by atoms with Crippen LogP contribution < -0.4 is 0 Å². The van der Waals surface area contributed by atoms with Crippen LogP contribution in [0.25, 0.3) is 0 Å². The van der Waals surface area contributed by atoms with Crippen LogP contribution in [0.15, 0.2) is 12.1 Å². The van der Waals surface area contributed by atoms with Gasteiger partial charge in [-0.1, -0.05) is 0 Å². The third kappa shape index (κ3) is 5.77. The molecule has 192 valence electrons. The van der Waals surface area contributed by atoms with Crippen LogP contribution in [0.1, 0.15) is 92.6 Å². The molecule has 3 aliphatic heterocycles. The summed E-state index contributed by atoms with van der Waals surface area (Å²) in [6, 6.07) is 4.40. The second kappa shape index (κ2) is 12.7. The molecule has 34 heavy (non-hydrogen) atoms. The minimum Gasteiger partial charge on any atom is -0.507 e. The van der Waals surface area contributed by atoms with Crippen molar-refractivity contribution in [3.8, 4) is 5.75 Å². The topological polar surface area (TPSA) is 90.6 Å². The summed E-state index contributed by atoms with van der Waals surface area (Å²) in [6.07, 6.45) is 8.83. The van der Waals surface area contributed by atoms with E-state index in [2.05, 4.69) is 26.8 Å². The maximum Gasteiger partial charge on any atom is 0.125 e. The fraction of sp³-hybridized carbons (Fsp3) is 0.778. The molecule has 3 unspecified atom stereocenters. The van der Waals surface area contributed by atoms with Gasteiger partial charge in [0.05, 0.1) is 0 Å². The van der Waals surface area contributed by atoms with Gasteiger partial charge >= 0.3 is 0 Å². The Balaban J connectivity index is 1.81. The second-order valence-corrected chi connectivity index (χ2v) is 10.4. The van der Waals surface area contributed by atoms with Crippen molar-refractivity contribution in [3.63, 3.8) is 0 Å². The smallest absolute Gasteiger partial charge is 0.125 e. The fourth-order valence-electron chi connectivity index (χ4n) is 6.56. The van der Waals surface area contributed by atoms with Gasteiger partial charge in [0, 0.05) is 49.1 Å². The lowest BCUT2D eigenvalue weighted by Gasteiger charge is -2.35. The first-order valence-electron chi connectivity index (χ1n) is 13.6. The Labute approximate surface area is 205 Å². The minimum atomic E-state index is -0.0205. The highest BCUT2D eigenvalue weighted by Crippen LogP contribution is 2.43. The third-order valence-electron chi connectivity index (χ3n) is 8.25. The van der Waals surface area contributed by atoms with Crippen LogP contribution in [0.3, 0.4) is 0 Å². The maximum atomic E-state index is 11.7. The number of aromatic hydroxyl groups is 1. The Hall–Kier alpha value is -1.22. The number of benzene rings is 1. The highest BCUT2D eigenvalue weighted by atomic mass is 16.3. The third-order valence-corrected chi connectivity index (χ3v) is 8.25. The monoisotopic (exact) mass is 475 g/mol. The van der Waals surface area contributed by atoms with Gasteiger partial charge in [-0.25, -0.2) is 0 Å². The lowest BCUT2D eigenvalue weighted by molar-refractivity contribution is 0.172. The highest BCUT2D eigenvalue weighted by molar-refractivity contribution is 5.48. The van der Waals surface area contributed by atoms with Gasteiger partial charge in [-0.05, 0) is 115 Å². The summed E-state index contributed by atoms with van der Waals surface area (Å²) in [6.45, 7) is 6.32. The number of aliphatic hydroxyl groups excluding tert-OH is 3. The van der Waals surface area contributed by atoms with Gasteiger partial charge in [-0.15, -0.1) is 0 Å². The van der Waals surface area contributed by atoms with Crippen molar-refractivity contribution in [1.82, 2.24) is 14.7 Å². The predicted octanol–water partition coefficient (Wildman–Crippen LogP) is 2.95. The first-order chi connectivity index (χ1) is 16.7. The Kier molecular flexibility index (Phi) is 9.62. The number of phenolic OH excluding ortho intramolecular Hbond substituents is 1. The van der Waals surface area contributed by atoms with Crippen LogP contribution in [0.4, 0.5) is 0 Å². The Morgan fingerprint density at radius 1 is 0.559 bits per heavy atom. The highest BCUT2D eigenvalue weighted by Gasteiger charge is 2.33. The van der Waals surface area contributed by atoms with E-state index in [0.29, 0.717) is 25.0 Å². The van der Waals surface area contributed by atoms with Crippen molar-refractivity contribution in [2.75, 3.05) is 59.1 Å². The molecule has 0 saturated carbocycles. The van der Waals surface area contributed by atoms with Gasteiger partial charge in [0.1, 0.15) is 5.75 Å². The van der Waals surface area contributed by atoms with Gasteiger partial charge in [-0.3, -0.25) is 14.7 Å². The maximum absolute atomic E-state index is 11.7. The minimum absolute atomic E-state index is 0.0205. The molecular formula is C27H45N3O4. The lowest BCUT2D eigenvalue weighted by Crippen LogP contribution is -2.30. The van der Waals surface area contributed by atoms with Crippen molar-refractivity contribution in [2.24, 2.45) is 0 Å². The summed E-state index contributed by atoms with van der Waals surface area (Å²) in [7, 11) is 0. The first kappa shape index (κ1) is 25.9. The molecule has 4 N–H and O–H groups in total. The number of rotatable bonds is 12. The molecule has 0 bridgehead atoms. The van der Waals surface area contributed by atoms with Crippen LogP contribution in [0.5, 0.6) is 5.75 Å². The molecule has 0 amide bonds. The van der Waals surface area contributed by atoms with E-state index >= 15 is 0 Å². The number of hydrogen-bond acceptors (Lipinski definition) is 7. The normalized spacial score (nSPS) is 23.0. The summed E-state index contributed by atoms with van der Waals surface area (Å²) >= 11 is 0. The SMILES string of the molecule is OCCC(c1cc(C(CCO)N2CCCC2)c(O)c(C(CCO)N2CCCC2)c1)N1CCCC1. The summed E-state index contributed by atoms with van der Waals surface area (Å²) < 4.78 is 0. The molecule has 3 heterocycles. The van der Waals surface area contributed by atoms with Gasteiger partial charge in [0.25, 0.3) is 0 Å². The Bertz CT molecular complexity index is 711. The van der Waals surface area contributed by atoms with E-state index in [1.165, 1.54) is 12.8 Å². The van der Waals surface area contributed by atoms with E-state index in [9.17, 15) is 20.4 Å². The van der Waals surface area contributed by atoms with Crippen LogP contribution in [0.2, 0.25) is 0 Å². The molecule has 1 aromatic carbocycles. The van der Waals surface area contributed by atoms with Crippen LogP contribution in [-0.2, 0) is 0 Å². The van der Waals surface area contributed by atoms with E-state index in [-0.39, 0.29) is 37.9 Å². The summed E-state index contributed by atoms with van der Waals surface area (Å²) in [5.74, 6) is 0.337. The molecule has 3 saturated heterocycles. The molecule has 3 fully saturated rings. The number of phenols is 1. The standard InChI is InChI=1S/C27H45N3O4/c31-16-7-24(28-10-1-2-11-28)21-19-22(25(8-17-32)29-12-3-4-13-29)27(34)23(20-21)26(9-18-33)30-14-5-6-15-30/h19-20,24-26,31-34H,1-18H2. The average molecular weight is 476 g/mol. The zero-order chi connectivity index (χ0) is 23.9. The number of hydrogen-bond donors (Lipinski definition) is 4. The van der Waals surface area contributed by atoms with Crippen molar-refractivity contribution < 1.29 is 20.4 Å². The van der Waals surface area contributed by atoms with Crippen molar-refractivity contribution in [2.45, 2.75) is 75.9 Å². The van der Waals surface area contributed by atoms with Gasteiger partial charge in [-0.2, -0.15) is 0 Å². The summed E-state index contributed by atoms with van der Waals surface area (Å²) in [5.41, 5.74) is 2.98. The van der Waals surface area contributed by atoms with Crippen molar-refractivity contribution >= 4 is 0 Å². The zero-order valence-electron chi connectivity index (χ0n) is 20.7. The second-order valence-electron chi connectivity index (χ2n) is 10.4. The van der Waals surface area contributed by atoms with E-state index < -0.39 is 0 Å². The first-order valence-corrected chi connectivity index (χ1v) is 13.6. The summed E-state index contributed by atoms with van der Waals surface area (Å²) in [5, 5.41) is 41.5. The molecule has 0 aliphatic carbocycles. The largest absolute Gasteiger partial charge is 0.507 e. The van der Waals surface area contributed by atoms with Gasteiger partial charge in [0.15, 0.2) is 0 Å². The molecule has 3 aliphatic rings. The molecule has 7 nitrogen and oxygen atoms in total. The fourth-order valence-corrected chi connectivity index (χ4v) is 6.56. The molecule has 1 aromatic rings. The van der Waals surface area contributed by atoms with E-state index in [4.69, 9.17) is 0 Å². The van der Waals surface area contributed by atoms with Crippen LogP contribution in [-0.4, -0.2) is 94.2 Å². The zero-order valence-corrected chi connectivity index (χ0v) is 20.7. The van der Waals surface area contributed by atoms with E-state index in [0.717, 1.165) is 81.6 Å². The lowest BCUT2D eigenvalue weighted by atomic mass is 9.88. The Morgan fingerprint density at radius 2 is 0.882 bits per heavy atom. The van der Waals surface area contributed by atoms with Gasteiger partial charge in [0.2, 0.25) is 0 Å². The number of nitrogens with zero attached hydrogens (tertiary/aromatic N) is 3. The molecule has 3 atom stereocenters. The summed E-state index contributed by atoms with van der Waals surface area (Å²) in [4.78, 5) is 7.29. The van der Waals surface area contributed by atoms with E-state index in [1.807, 2.05) is 0 Å². The molecule has 4 rings (SSSR count). The Morgan fingerprint density at radius 3 is 1.24 bits per heavy atom. The quantitative estimate of drug-likeness (QED) is 0.370. The predicted molar refractivity (Wildman–Crippen MR) is 134 cm³/mol. The van der Waals surface area contributed by atoms with Crippen molar-refractivity contribution in [1.29, 1.82) is 0 Å². The number of likely N-dealkylation sites (tertiary alicyclic amines) is 3. The molecule has 0 aromatic heterocycles. The average Bonchev–Trinajstić information content (AvgIpc) is 3.64. The molecule has 7 heteroatoms. The molecule has 0 radical (unpaired) electrons. The van der Waals surface area contributed by atoms with Crippen LogP contribution >= 0.6 is 0 Å². The molecular weight excluding hydrogens is 430 g/mol. The van der Waals surface area contributed by atoms with E-state index in [1.54, 1.807) is 0 Å². The number of aliphatic hydroxyl groups is 3.